The molecule has 5 nitrogen and oxygen atoms in total. The summed E-state index contributed by atoms with van der Waals surface area (Å²) in [4.78, 5) is 0. The molecule has 0 saturated heterocycles. The molecule has 0 aliphatic rings. The number of aryl methyl sites for hydroxylation is 2. The van der Waals surface area contributed by atoms with Gasteiger partial charge in [0.15, 0.2) is 0 Å². The summed E-state index contributed by atoms with van der Waals surface area (Å²) in [6, 6.07) is 9.98. The van der Waals surface area contributed by atoms with Crippen molar-refractivity contribution in [1.82, 2.24) is 19.6 Å². The van der Waals surface area contributed by atoms with Crippen molar-refractivity contribution < 1.29 is 0 Å². The topological polar surface area (TPSA) is 61.7 Å². The second kappa shape index (κ2) is 4.28. The van der Waals surface area contributed by atoms with E-state index in [4.69, 9.17) is 5.73 Å². The van der Waals surface area contributed by atoms with Gasteiger partial charge in [0.25, 0.3) is 0 Å². The van der Waals surface area contributed by atoms with Crippen molar-refractivity contribution >= 4 is 5.69 Å². The zero-order chi connectivity index (χ0) is 13.4. The smallest absolute Gasteiger partial charge is 0.134 e. The van der Waals surface area contributed by atoms with Crippen LogP contribution in [0, 0.1) is 6.92 Å². The molecule has 19 heavy (non-hydrogen) atoms. The van der Waals surface area contributed by atoms with Crippen LogP contribution in [0.1, 0.15) is 5.56 Å². The van der Waals surface area contributed by atoms with E-state index in [1.54, 1.807) is 10.9 Å². The van der Waals surface area contributed by atoms with Gasteiger partial charge in [-0.2, -0.15) is 10.2 Å². The summed E-state index contributed by atoms with van der Waals surface area (Å²) >= 11 is 0. The van der Waals surface area contributed by atoms with Gasteiger partial charge in [-0.3, -0.25) is 4.68 Å². The molecular formula is C14H15N5. The molecule has 96 valence electrons. The molecule has 3 aromatic rings. The summed E-state index contributed by atoms with van der Waals surface area (Å²) < 4.78 is 3.58. The third-order valence-electron chi connectivity index (χ3n) is 3.17. The molecule has 0 bridgehead atoms. The molecule has 2 N–H and O–H groups in total. The van der Waals surface area contributed by atoms with E-state index in [1.165, 1.54) is 0 Å². The number of nitrogens with two attached hydrogens (primary N) is 1. The molecule has 0 radical (unpaired) electrons. The Morgan fingerprint density at radius 1 is 1.16 bits per heavy atom. The number of aromatic nitrogens is 4. The first kappa shape index (κ1) is 11.5. The number of rotatable bonds is 2. The van der Waals surface area contributed by atoms with E-state index in [1.807, 2.05) is 42.2 Å². The van der Waals surface area contributed by atoms with Crippen LogP contribution < -0.4 is 5.73 Å². The molecule has 0 aliphatic heterocycles. The van der Waals surface area contributed by atoms with Crippen molar-refractivity contribution in [3.05, 3.63) is 48.3 Å². The summed E-state index contributed by atoms with van der Waals surface area (Å²) in [5.41, 5.74) is 10.6. The van der Waals surface area contributed by atoms with Gasteiger partial charge in [0.05, 0.1) is 23.3 Å². The van der Waals surface area contributed by atoms with E-state index in [9.17, 15) is 0 Å². The molecule has 0 amide bonds. The lowest BCUT2D eigenvalue weighted by Crippen LogP contribution is -1.99. The minimum absolute atomic E-state index is 0.645. The first-order valence-corrected chi connectivity index (χ1v) is 6.06. The molecule has 0 saturated carbocycles. The number of anilines is 1. The van der Waals surface area contributed by atoms with Gasteiger partial charge >= 0.3 is 0 Å². The highest BCUT2D eigenvalue weighted by Gasteiger charge is 2.13. The molecule has 0 aliphatic carbocycles. The first-order chi connectivity index (χ1) is 9.16. The lowest BCUT2D eigenvalue weighted by atomic mass is 10.2. The van der Waals surface area contributed by atoms with Gasteiger partial charge < -0.3 is 5.73 Å². The summed E-state index contributed by atoms with van der Waals surface area (Å²) in [5.74, 6) is 0. The van der Waals surface area contributed by atoms with E-state index in [0.717, 1.165) is 22.6 Å². The van der Waals surface area contributed by atoms with Gasteiger partial charge in [0.1, 0.15) is 5.69 Å². The zero-order valence-corrected chi connectivity index (χ0v) is 10.9. The number of para-hydroxylation sites is 1. The number of nitrogen functional groups attached to an aromatic ring is 1. The Morgan fingerprint density at radius 2 is 1.95 bits per heavy atom. The minimum atomic E-state index is 0.645. The molecule has 2 heterocycles. The Balaban J connectivity index is 2.13. The summed E-state index contributed by atoms with van der Waals surface area (Å²) in [6.45, 7) is 2.05. The molecule has 0 unspecified atom stereocenters. The fraction of sp³-hybridized carbons (Fsp3) is 0.143. The lowest BCUT2D eigenvalue weighted by molar-refractivity contribution is 0.769. The number of nitrogens with zero attached hydrogens (tertiary/aromatic N) is 4. The lowest BCUT2D eigenvalue weighted by Gasteiger charge is -2.04. The molecule has 0 spiro atoms. The van der Waals surface area contributed by atoms with Crippen LogP contribution in [0.15, 0.2) is 42.7 Å². The first-order valence-electron chi connectivity index (χ1n) is 6.06. The van der Waals surface area contributed by atoms with Crippen LogP contribution >= 0.6 is 0 Å². The molecular weight excluding hydrogens is 238 g/mol. The van der Waals surface area contributed by atoms with Gasteiger partial charge in [-0.1, -0.05) is 18.2 Å². The third-order valence-corrected chi connectivity index (χ3v) is 3.17. The summed E-state index contributed by atoms with van der Waals surface area (Å²) in [5, 5.41) is 8.72. The van der Waals surface area contributed by atoms with Crippen LogP contribution in [0.3, 0.4) is 0 Å². The average molecular weight is 253 g/mol. The van der Waals surface area contributed by atoms with E-state index < -0.39 is 0 Å². The van der Waals surface area contributed by atoms with Gasteiger partial charge in [-0.25, -0.2) is 4.68 Å². The summed E-state index contributed by atoms with van der Waals surface area (Å²) in [6.07, 6.45) is 3.58. The van der Waals surface area contributed by atoms with Crippen LogP contribution in [0.25, 0.3) is 17.1 Å². The monoisotopic (exact) mass is 253 g/mol. The molecule has 0 fully saturated rings. The highest BCUT2D eigenvalue weighted by Crippen LogP contribution is 2.25. The second-order valence-corrected chi connectivity index (χ2v) is 4.50. The van der Waals surface area contributed by atoms with Gasteiger partial charge in [0, 0.05) is 13.2 Å². The minimum Gasteiger partial charge on any atom is -0.396 e. The van der Waals surface area contributed by atoms with Crippen molar-refractivity contribution in [1.29, 1.82) is 0 Å². The van der Waals surface area contributed by atoms with Crippen LogP contribution in [-0.4, -0.2) is 19.6 Å². The maximum absolute atomic E-state index is 6.06. The SMILES string of the molecule is Cc1ccccc1-n1cc(N)c(-c2ccnn2C)n1. The molecule has 5 heteroatoms. The molecule has 2 aromatic heterocycles. The summed E-state index contributed by atoms with van der Waals surface area (Å²) in [7, 11) is 1.88. The zero-order valence-electron chi connectivity index (χ0n) is 10.9. The second-order valence-electron chi connectivity index (χ2n) is 4.50. The van der Waals surface area contributed by atoms with Crippen molar-refractivity contribution in [2.75, 3.05) is 5.73 Å². The Morgan fingerprint density at radius 3 is 2.63 bits per heavy atom. The fourth-order valence-electron chi connectivity index (χ4n) is 2.14. The van der Waals surface area contributed by atoms with Crippen molar-refractivity contribution in [3.63, 3.8) is 0 Å². The predicted octanol–water partition coefficient (Wildman–Crippen LogP) is 2.16. The number of hydrogen-bond donors (Lipinski definition) is 1. The van der Waals surface area contributed by atoms with E-state index in [0.29, 0.717) is 5.69 Å². The van der Waals surface area contributed by atoms with Crippen LogP contribution in [-0.2, 0) is 7.05 Å². The van der Waals surface area contributed by atoms with Crippen molar-refractivity contribution in [2.45, 2.75) is 6.92 Å². The number of benzene rings is 1. The van der Waals surface area contributed by atoms with Gasteiger partial charge in [-0.05, 0) is 24.6 Å². The van der Waals surface area contributed by atoms with Gasteiger partial charge in [-0.15, -0.1) is 0 Å². The normalized spacial score (nSPS) is 10.8. The van der Waals surface area contributed by atoms with Crippen LogP contribution in [0.4, 0.5) is 5.69 Å². The van der Waals surface area contributed by atoms with E-state index in [2.05, 4.69) is 23.2 Å². The van der Waals surface area contributed by atoms with Crippen LogP contribution in [0.2, 0.25) is 0 Å². The Kier molecular flexibility index (Phi) is 2.59. The maximum Gasteiger partial charge on any atom is 0.134 e. The quantitative estimate of drug-likeness (QED) is 0.761. The Labute approximate surface area is 111 Å². The van der Waals surface area contributed by atoms with E-state index in [-0.39, 0.29) is 0 Å². The highest BCUT2D eigenvalue weighted by molar-refractivity contribution is 5.69. The molecule has 3 rings (SSSR count). The van der Waals surface area contributed by atoms with Gasteiger partial charge in [0.2, 0.25) is 0 Å². The average Bonchev–Trinajstić information content (AvgIpc) is 2.96. The standard InChI is InChI=1S/C14H15N5/c1-10-5-3-4-6-12(10)19-9-11(15)14(17-19)13-7-8-16-18(13)2/h3-9H,15H2,1-2H3. The van der Waals surface area contributed by atoms with Crippen molar-refractivity contribution in [2.24, 2.45) is 7.05 Å². The number of hydrogen-bond acceptors (Lipinski definition) is 3. The largest absolute Gasteiger partial charge is 0.396 e. The Hall–Kier alpha value is -2.56. The van der Waals surface area contributed by atoms with Crippen molar-refractivity contribution in [3.8, 4) is 17.1 Å². The highest BCUT2D eigenvalue weighted by atomic mass is 15.3. The predicted molar refractivity (Wildman–Crippen MR) is 74.9 cm³/mol. The third kappa shape index (κ3) is 1.89. The fourth-order valence-corrected chi connectivity index (χ4v) is 2.14. The molecule has 1 aromatic carbocycles. The molecule has 0 atom stereocenters. The van der Waals surface area contributed by atoms with E-state index >= 15 is 0 Å². The van der Waals surface area contributed by atoms with Crippen LogP contribution in [0.5, 0.6) is 0 Å². The Bertz CT molecular complexity index is 723. The maximum atomic E-state index is 6.06.